The number of furan rings is 1. The summed E-state index contributed by atoms with van der Waals surface area (Å²) in [6.45, 7) is 0. The lowest BCUT2D eigenvalue weighted by atomic mass is 9.70. The second-order valence-corrected chi connectivity index (χ2v) is 20.6. The Bertz CT molecular complexity index is 4120. The van der Waals surface area contributed by atoms with Gasteiger partial charge in [-0.15, -0.1) is 0 Å². The van der Waals surface area contributed by atoms with Gasteiger partial charge >= 0.3 is 0 Å². The van der Waals surface area contributed by atoms with Crippen molar-refractivity contribution in [3.05, 3.63) is 277 Å². The van der Waals surface area contributed by atoms with Gasteiger partial charge in [0.15, 0.2) is 0 Å². The molecule has 1 heterocycles. The van der Waals surface area contributed by atoms with Crippen molar-refractivity contribution >= 4 is 66.8 Å². The molecule has 0 aliphatic heterocycles. The number of benzene rings is 11. The van der Waals surface area contributed by atoms with Gasteiger partial charge in [-0.2, -0.15) is 0 Å². The Morgan fingerprint density at radius 1 is 0.351 bits per heavy atom. The minimum atomic E-state index is -0.622. The highest BCUT2D eigenvalue weighted by Crippen LogP contribution is 2.64. The Labute approximate surface area is 432 Å². The van der Waals surface area contributed by atoms with Crippen molar-refractivity contribution in [3.8, 4) is 33.4 Å². The van der Waals surface area contributed by atoms with Crippen molar-refractivity contribution in [2.24, 2.45) is 0 Å². The molecule has 0 radical (unpaired) electrons. The molecule has 12 aromatic rings. The van der Waals surface area contributed by atoms with Gasteiger partial charge in [-0.05, 0) is 164 Å². The molecule has 0 N–H and O–H groups in total. The molecule has 1 atom stereocenters. The van der Waals surface area contributed by atoms with Gasteiger partial charge in [0.05, 0.1) is 22.2 Å². The van der Waals surface area contributed by atoms with Crippen LogP contribution in [0.15, 0.2) is 253 Å². The first-order valence-corrected chi connectivity index (χ1v) is 26.4. The maximum Gasteiger partial charge on any atom is 0.137 e. The molecule has 0 bridgehead atoms. The van der Waals surface area contributed by atoms with E-state index >= 15 is 0 Å². The molecule has 0 amide bonds. The Morgan fingerprint density at radius 3 is 1.59 bits per heavy atom. The second kappa shape index (κ2) is 17.1. The van der Waals surface area contributed by atoms with Crippen LogP contribution < -0.4 is 9.80 Å². The summed E-state index contributed by atoms with van der Waals surface area (Å²) in [6, 6.07) is 92.7. The van der Waals surface area contributed by atoms with E-state index in [-0.39, 0.29) is 0 Å². The molecule has 1 fully saturated rings. The third kappa shape index (κ3) is 6.52. The van der Waals surface area contributed by atoms with Crippen LogP contribution >= 0.6 is 0 Å². The average Bonchev–Trinajstić information content (AvgIpc) is 4.11. The van der Waals surface area contributed by atoms with Gasteiger partial charge in [0, 0.05) is 33.7 Å². The zero-order valence-electron chi connectivity index (χ0n) is 41.1. The van der Waals surface area contributed by atoms with E-state index in [4.69, 9.17) is 4.42 Å². The Morgan fingerprint density at radius 2 is 0.892 bits per heavy atom. The molecular formula is C71H52N2O. The largest absolute Gasteiger partial charge is 0.456 e. The molecule has 3 aliphatic rings. The highest BCUT2D eigenvalue weighted by Gasteiger charge is 2.52. The van der Waals surface area contributed by atoms with Crippen molar-refractivity contribution in [1.82, 2.24) is 0 Å². The maximum atomic E-state index is 6.67. The standard InChI is InChI=1S/C71H52N2O/c1-4-19-47(20-5-1)48-35-37-53(38-36-48)72(52-25-8-3-9-26-52)54-39-41-58-56-27-12-15-30-62(56)71(64(58)45-54)63-31-16-13-28-57(63)59-42-40-55(46-65(59)71)73(66-32-18-34-69-70(66)60-29-14-17-33-68(60)74-69)67-44-51-24-11-10-23-50(51)43-61(67)49-21-6-2-7-22-49/h2-3,6-18,21-47H,1,4-5,19-20H2. The molecule has 0 saturated heterocycles. The number of rotatable bonds is 8. The zero-order chi connectivity index (χ0) is 48.7. The number of anilines is 6. The van der Waals surface area contributed by atoms with E-state index in [1.807, 2.05) is 0 Å². The molecule has 1 saturated carbocycles. The first kappa shape index (κ1) is 42.7. The Balaban J connectivity index is 0.991. The molecule has 3 nitrogen and oxygen atoms in total. The van der Waals surface area contributed by atoms with Crippen LogP contribution in [-0.2, 0) is 5.41 Å². The first-order chi connectivity index (χ1) is 36.7. The van der Waals surface area contributed by atoms with Crippen LogP contribution in [0.3, 0.4) is 0 Å². The summed E-state index contributed by atoms with van der Waals surface area (Å²) in [7, 11) is 0. The minimum Gasteiger partial charge on any atom is -0.456 e. The predicted octanol–water partition coefficient (Wildman–Crippen LogP) is 19.7. The fraction of sp³-hybridized carbons (Fsp3) is 0.0986. The highest BCUT2D eigenvalue weighted by atomic mass is 16.3. The molecule has 3 heteroatoms. The first-order valence-electron chi connectivity index (χ1n) is 26.4. The van der Waals surface area contributed by atoms with Crippen LogP contribution in [-0.4, -0.2) is 0 Å². The summed E-state index contributed by atoms with van der Waals surface area (Å²) < 4.78 is 6.67. The van der Waals surface area contributed by atoms with Crippen LogP contribution in [0.25, 0.3) is 66.1 Å². The number of para-hydroxylation sites is 2. The SMILES string of the molecule is c1ccc(-c2cc3ccccc3cc2N(c2ccc3c(c2)C2(c4ccccc4-c4ccc(N(c5ccccc5)c5ccc(C6CCCCC6)cc5)cc42)c2ccccc2-3)c2cccc3oc4ccccc4c23)cc1. The van der Waals surface area contributed by atoms with Crippen LogP contribution in [0.5, 0.6) is 0 Å². The molecular weight excluding hydrogens is 897 g/mol. The molecule has 352 valence electrons. The summed E-state index contributed by atoms with van der Waals surface area (Å²) in [4.78, 5) is 4.98. The van der Waals surface area contributed by atoms with E-state index in [0.717, 1.165) is 67.2 Å². The van der Waals surface area contributed by atoms with Gasteiger partial charge in [-0.1, -0.05) is 189 Å². The van der Waals surface area contributed by atoms with E-state index < -0.39 is 5.41 Å². The fourth-order valence-corrected chi connectivity index (χ4v) is 13.4. The van der Waals surface area contributed by atoms with Crippen LogP contribution in [0.4, 0.5) is 34.1 Å². The van der Waals surface area contributed by atoms with Crippen LogP contribution in [0.2, 0.25) is 0 Å². The average molecular weight is 949 g/mol. The van der Waals surface area contributed by atoms with Gasteiger partial charge in [0.25, 0.3) is 0 Å². The van der Waals surface area contributed by atoms with Crippen LogP contribution in [0.1, 0.15) is 65.8 Å². The van der Waals surface area contributed by atoms with Crippen molar-refractivity contribution in [1.29, 1.82) is 0 Å². The lowest BCUT2D eigenvalue weighted by Gasteiger charge is -2.34. The quantitative estimate of drug-likeness (QED) is 0.151. The number of hydrogen-bond acceptors (Lipinski definition) is 3. The number of hydrogen-bond donors (Lipinski definition) is 0. The monoisotopic (exact) mass is 948 g/mol. The van der Waals surface area contributed by atoms with E-state index in [1.165, 1.54) is 92.9 Å². The maximum absolute atomic E-state index is 6.67. The molecule has 74 heavy (non-hydrogen) atoms. The third-order valence-electron chi connectivity index (χ3n) is 16.6. The normalized spacial score (nSPS) is 15.6. The second-order valence-electron chi connectivity index (χ2n) is 20.6. The molecule has 1 aromatic heterocycles. The third-order valence-corrected chi connectivity index (χ3v) is 16.6. The van der Waals surface area contributed by atoms with Gasteiger partial charge in [0.1, 0.15) is 11.2 Å². The summed E-state index contributed by atoms with van der Waals surface area (Å²) >= 11 is 0. The van der Waals surface area contributed by atoms with Gasteiger partial charge in [-0.25, -0.2) is 0 Å². The zero-order valence-corrected chi connectivity index (χ0v) is 41.1. The molecule has 1 unspecified atom stereocenters. The Hall–Kier alpha value is -8.92. The lowest BCUT2D eigenvalue weighted by Crippen LogP contribution is -2.26. The summed E-state index contributed by atoms with van der Waals surface area (Å²) in [5, 5.41) is 4.56. The number of fused-ring (bicyclic) bond motifs is 14. The molecule has 15 rings (SSSR count). The van der Waals surface area contributed by atoms with Gasteiger partial charge < -0.3 is 14.2 Å². The number of nitrogens with zero attached hydrogens (tertiary/aromatic N) is 2. The van der Waals surface area contributed by atoms with E-state index in [0.29, 0.717) is 5.92 Å². The molecule has 1 spiro atoms. The predicted molar refractivity (Wildman–Crippen MR) is 308 cm³/mol. The topological polar surface area (TPSA) is 19.6 Å². The minimum absolute atomic E-state index is 0.622. The summed E-state index contributed by atoms with van der Waals surface area (Å²) in [6.07, 6.45) is 6.56. The van der Waals surface area contributed by atoms with Crippen molar-refractivity contribution in [2.75, 3.05) is 9.80 Å². The smallest absolute Gasteiger partial charge is 0.137 e. The van der Waals surface area contributed by atoms with Crippen molar-refractivity contribution in [2.45, 2.75) is 43.4 Å². The van der Waals surface area contributed by atoms with E-state index in [1.54, 1.807) is 0 Å². The lowest BCUT2D eigenvalue weighted by molar-refractivity contribution is 0.443. The van der Waals surface area contributed by atoms with E-state index in [9.17, 15) is 0 Å². The highest BCUT2D eigenvalue weighted by molar-refractivity contribution is 6.14. The van der Waals surface area contributed by atoms with Crippen molar-refractivity contribution < 1.29 is 4.42 Å². The Kier molecular flexibility index (Phi) is 9.88. The van der Waals surface area contributed by atoms with Crippen LogP contribution in [0, 0.1) is 0 Å². The molecule has 11 aromatic carbocycles. The summed E-state index contributed by atoms with van der Waals surface area (Å²) in [5.41, 5.74) is 21.8. The van der Waals surface area contributed by atoms with Gasteiger partial charge in [0.2, 0.25) is 0 Å². The fourth-order valence-electron chi connectivity index (χ4n) is 13.4. The molecule has 3 aliphatic carbocycles. The van der Waals surface area contributed by atoms with E-state index in [2.05, 4.69) is 259 Å². The summed E-state index contributed by atoms with van der Waals surface area (Å²) in [5.74, 6) is 0.641. The van der Waals surface area contributed by atoms with Gasteiger partial charge in [-0.3, -0.25) is 0 Å². The van der Waals surface area contributed by atoms with Crippen molar-refractivity contribution in [3.63, 3.8) is 0 Å².